The lowest BCUT2D eigenvalue weighted by Crippen LogP contribution is -1.92. The maximum Gasteiger partial charge on any atom is 0.145 e. The van der Waals surface area contributed by atoms with E-state index in [9.17, 15) is 4.39 Å². The largest absolute Gasteiger partial charge is 0.456 e. The molecule has 94 valence electrons. The topological polar surface area (TPSA) is 35.2 Å². The lowest BCUT2D eigenvalue weighted by atomic mass is 10.2. The van der Waals surface area contributed by atoms with E-state index in [0.29, 0.717) is 21.7 Å². The van der Waals surface area contributed by atoms with Crippen molar-refractivity contribution in [2.24, 2.45) is 0 Å². The summed E-state index contributed by atoms with van der Waals surface area (Å²) in [5.41, 5.74) is 7.30. The minimum atomic E-state index is -0.526. The van der Waals surface area contributed by atoms with Crippen molar-refractivity contribution in [2.75, 3.05) is 5.73 Å². The summed E-state index contributed by atoms with van der Waals surface area (Å²) in [5.74, 6) is 0.423. The molecule has 0 fully saturated rings. The molecule has 2 N–H and O–H groups in total. The van der Waals surface area contributed by atoms with Crippen LogP contribution in [0.15, 0.2) is 34.8 Å². The number of rotatable bonds is 2. The highest BCUT2D eigenvalue weighted by atomic mass is 79.9. The third kappa shape index (κ3) is 2.76. The van der Waals surface area contributed by atoms with Gasteiger partial charge in [0.25, 0.3) is 0 Å². The molecule has 0 aromatic heterocycles. The second-order valence-electron chi connectivity index (χ2n) is 3.82. The van der Waals surface area contributed by atoms with Crippen molar-refractivity contribution < 1.29 is 9.13 Å². The van der Waals surface area contributed by atoms with Crippen LogP contribution in [0.3, 0.4) is 0 Å². The zero-order valence-electron chi connectivity index (χ0n) is 9.51. The Bertz CT molecular complexity index is 604. The van der Waals surface area contributed by atoms with Gasteiger partial charge in [0.05, 0.1) is 9.50 Å². The highest BCUT2D eigenvalue weighted by molar-refractivity contribution is 9.10. The molecular formula is C13H10BrClFNO. The van der Waals surface area contributed by atoms with Crippen LogP contribution in [0.2, 0.25) is 5.02 Å². The molecule has 2 aromatic carbocycles. The molecule has 2 nitrogen and oxygen atoms in total. The van der Waals surface area contributed by atoms with Crippen LogP contribution in [-0.4, -0.2) is 0 Å². The van der Waals surface area contributed by atoms with Gasteiger partial charge in [-0.25, -0.2) is 4.39 Å². The first-order valence-corrected chi connectivity index (χ1v) is 6.33. The van der Waals surface area contributed by atoms with E-state index >= 15 is 0 Å². The number of benzene rings is 2. The maximum absolute atomic E-state index is 13.4. The van der Waals surface area contributed by atoms with Gasteiger partial charge in [0, 0.05) is 11.8 Å². The van der Waals surface area contributed by atoms with Gasteiger partial charge in [0.2, 0.25) is 0 Å². The number of hydrogen-bond acceptors (Lipinski definition) is 2. The SMILES string of the molecule is Cc1cc(Oc2cc(F)c(Cl)cc2Br)ccc1N. The molecule has 0 atom stereocenters. The van der Waals surface area contributed by atoms with Crippen molar-refractivity contribution in [2.45, 2.75) is 6.92 Å². The molecule has 18 heavy (non-hydrogen) atoms. The molecule has 0 aliphatic carbocycles. The molecule has 0 amide bonds. The molecule has 2 aromatic rings. The first-order valence-electron chi connectivity index (χ1n) is 5.16. The molecule has 0 saturated carbocycles. The molecular weight excluding hydrogens is 321 g/mol. The summed E-state index contributed by atoms with van der Waals surface area (Å²) in [6.07, 6.45) is 0. The standard InChI is InChI=1S/C13H10BrClFNO/c1-7-4-8(2-3-12(7)17)18-13-6-11(16)10(15)5-9(13)14/h2-6H,17H2,1H3. The van der Waals surface area contributed by atoms with Gasteiger partial charge in [0.1, 0.15) is 17.3 Å². The first kappa shape index (κ1) is 13.2. The van der Waals surface area contributed by atoms with Crippen molar-refractivity contribution in [1.82, 2.24) is 0 Å². The zero-order valence-corrected chi connectivity index (χ0v) is 11.8. The molecule has 0 bridgehead atoms. The molecule has 0 aliphatic heterocycles. The van der Waals surface area contributed by atoms with E-state index < -0.39 is 5.82 Å². The number of anilines is 1. The lowest BCUT2D eigenvalue weighted by molar-refractivity contribution is 0.473. The summed E-state index contributed by atoms with van der Waals surface area (Å²) in [6, 6.07) is 7.94. The highest BCUT2D eigenvalue weighted by Gasteiger charge is 2.09. The summed E-state index contributed by atoms with van der Waals surface area (Å²) in [6.45, 7) is 1.87. The van der Waals surface area contributed by atoms with Crippen LogP contribution in [0, 0.1) is 12.7 Å². The van der Waals surface area contributed by atoms with E-state index in [1.54, 1.807) is 18.2 Å². The van der Waals surface area contributed by atoms with Crippen LogP contribution in [0.25, 0.3) is 0 Å². The molecule has 5 heteroatoms. The van der Waals surface area contributed by atoms with Gasteiger partial charge in [-0.15, -0.1) is 0 Å². The summed E-state index contributed by atoms with van der Waals surface area (Å²) in [4.78, 5) is 0. The number of aryl methyl sites for hydroxylation is 1. The lowest BCUT2D eigenvalue weighted by Gasteiger charge is -2.10. The van der Waals surface area contributed by atoms with E-state index in [4.69, 9.17) is 22.1 Å². The van der Waals surface area contributed by atoms with Gasteiger partial charge >= 0.3 is 0 Å². The Balaban J connectivity index is 2.34. The Morgan fingerprint density at radius 2 is 2.00 bits per heavy atom. The van der Waals surface area contributed by atoms with Gasteiger partial charge < -0.3 is 10.5 Å². The van der Waals surface area contributed by atoms with Crippen molar-refractivity contribution in [1.29, 1.82) is 0 Å². The van der Waals surface area contributed by atoms with Gasteiger partial charge in [-0.1, -0.05) is 11.6 Å². The number of nitrogen functional groups attached to an aromatic ring is 1. The number of halogens is 3. The quantitative estimate of drug-likeness (QED) is 0.626. The van der Waals surface area contributed by atoms with Gasteiger partial charge in [-0.3, -0.25) is 0 Å². The Morgan fingerprint density at radius 1 is 1.28 bits per heavy atom. The maximum atomic E-state index is 13.4. The molecule has 0 saturated heterocycles. The van der Waals surface area contributed by atoms with Crippen LogP contribution < -0.4 is 10.5 Å². The molecule has 0 aliphatic rings. The van der Waals surface area contributed by atoms with E-state index in [-0.39, 0.29) is 5.02 Å². The van der Waals surface area contributed by atoms with Gasteiger partial charge in [0.15, 0.2) is 0 Å². The second-order valence-corrected chi connectivity index (χ2v) is 5.08. The monoisotopic (exact) mass is 329 g/mol. The molecule has 0 spiro atoms. The summed E-state index contributed by atoms with van der Waals surface area (Å²) < 4.78 is 19.5. The van der Waals surface area contributed by atoms with E-state index in [2.05, 4.69) is 15.9 Å². The molecule has 2 rings (SSSR count). The van der Waals surface area contributed by atoms with Gasteiger partial charge in [-0.2, -0.15) is 0 Å². The number of nitrogens with two attached hydrogens (primary N) is 1. The fraction of sp³-hybridized carbons (Fsp3) is 0.0769. The van der Waals surface area contributed by atoms with Crippen molar-refractivity contribution in [3.8, 4) is 11.5 Å². The molecule has 0 radical (unpaired) electrons. The second kappa shape index (κ2) is 5.16. The third-order valence-electron chi connectivity index (χ3n) is 2.44. The van der Waals surface area contributed by atoms with Crippen LogP contribution in [0.5, 0.6) is 11.5 Å². The fourth-order valence-corrected chi connectivity index (χ4v) is 2.14. The number of ether oxygens (including phenoxy) is 1. The average molecular weight is 331 g/mol. The van der Waals surface area contributed by atoms with Gasteiger partial charge in [-0.05, 0) is 52.7 Å². The van der Waals surface area contributed by atoms with Crippen LogP contribution in [0.4, 0.5) is 10.1 Å². The minimum Gasteiger partial charge on any atom is -0.456 e. The zero-order chi connectivity index (χ0) is 13.3. The summed E-state index contributed by atoms with van der Waals surface area (Å²) in [7, 11) is 0. The minimum absolute atomic E-state index is 0.0442. The fourth-order valence-electron chi connectivity index (χ4n) is 1.42. The predicted molar refractivity (Wildman–Crippen MR) is 74.8 cm³/mol. The Morgan fingerprint density at radius 3 is 2.67 bits per heavy atom. The summed E-state index contributed by atoms with van der Waals surface area (Å²) in [5, 5.41) is 0.0442. The van der Waals surface area contributed by atoms with Crippen LogP contribution >= 0.6 is 27.5 Å². The Labute approximate surface area is 118 Å². The van der Waals surface area contributed by atoms with E-state index in [1.807, 2.05) is 6.92 Å². The van der Waals surface area contributed by atoms with Crippen LogP contribution in [-0.2, 0) is 0 Å². The van der Waals surface area contributed by atoms with Crippen molar-refractivity contribution in [3.05, 3.63) is 51.2 Å². The first-order chi connectivity index (χ1) is 8.47. The Kier molecular flexibility index (Phi) is 3.78. The van der Waals surface area contributed by atoms with E-state index in [0.717, 1.165) is 5.56 Å². The Hall–Kier alpha value is -1.26. The molecule has 0 heterocycles. The van der Waals surface area contributed by atoms with Crippen LogP contribution in [0.1, 0.15) is 5.56 Å². The summed E-state index contributed by atoms with van der Waals surface area (Å²) >= 11 is 8.93. The normalized spacial score (nSPS) is 10.4. The predicted octanol–water partition coefficient (Wildman–Crippen LogP) is 4.92. The number of hydrogen-bond donors (Lipinski definition) is 1. The third-order valence-corrected chi connectivity index (χ3v) is 3.35. The average Bonchev–Trinajstić information content (AvgIpc) is 2.31. The van der Waals surface area contributed by atoms with Crippen molar-refractivity contribution >= 4 is 33.2 Å². The smallest absolute Gasteiger partial charge is 0.145 e. The van der Waals surface area contributed by atoms with E-state index in [1.165, 1.54) is 12.1 Å². The van der Waals surface area contributed by atoms with Crippen molar-refractivity contribution in [3.63, 3.8) is 0 Å². The highest BCUT2D eigenvalue weighted by Crippen LogP contribution is 2.34. The molecule has 0 unspecified atom stereocenters.